The molecule has 3 N–H and O–H groups in total. The molecule has 1 aromatic carbocycles. The molecule has 0 radical (unpaired) electrons. The van der Waals surface area contributed by atoms with E-state index in [1.807, 2.05) is 0 Å². The molecule has 0 aliphatic heterocycles. The summed E-state index contributed by atoms with van der Waals surface area (Å²) in [4.78, 5) is 32.1. The van der Waals surface area contributed by atoms with Crippen molar-refractivity contribution in [2.24, 2.45) is 0 Å². The topological polar surface area (TPSA) is 116 Å². The van der Waals surface area contributed by atoms with Crippen LogP contribution < -0.4 is 15.8 Å². The summed E-state index contributed by atoms with van der Waals surface area (Å²) in [7, 11) is 0. The maximum absolute atomic E-state index is 12.3. The smallest absolute Gasteiger partial charge is 0.387 e. The lowest BCUT2D eigenvalue weighted by Crippen LogP contribution is -2.23. The fourth-order valence-corrected chi connectivity index (χ4v) is 3.00. The van der Waals surface area contributed by atoms with Gasteiger partial charge in [0.25, 0.3) is 0 Å². The Kier molecular flexibility index (Phi) is 7.97. The van der Waals surface area contributed by atoms with Crippen molar-refractivity contribution < 1.29 is 27.8 Å². The molecule has 1 heterocycles. The minimum absolute atomic E-state index is 0.0362. The highest BCUT2D eigenvalue weighted by atomic mass is 35.5. The van der Waals surface area contributed by atoms with E-state index in [0.717, 1.165) is 11.8 Å². The van der Waals surface area contributed by atoms with Crippen LogP contribution in [0.5, 0.6) is 5.75 Å². The summed E-state index contributed by atoms with van der Waals surface area (Å²) in [5, 5.41) is 2.07. The van der Waals surface area contributed by atoms with Gasteiger partial charge in [-0.1, -0.05) is 23.4 Å². The monoisotopic (exact) mass is 446 g/mol. The number of ether oxygens (including phenoxy) is 2. The molecular weight excluding hydrogens is 430 g/mol. The molecule has 12 heteroatoms. The van der Waals surface area contributed by atoms with Gasteiger partial charge in [-0.15, -0.1) is 0 Å². The second-order valence-electron chi connectivity index (χ2n) is 5.44. The SMILES string of the molecule is CCOC(=O)c1cnc(SC(C)C(=O)Nc2ccc(OC(F)F)c(Cl)c2)nc1N. The molecule has 1 unspecified atom stereocenters. The molecule has 0 fully saturated rings. The molecule has 0 saturated carbocycles. The molecule has 0 spiro atoms. The Bertz CT molecular complexity index is 904. The first kappa shape index (κ1) is 22.6. The summed E-state index contributed by atoms with van der Waals surface area (Å²) < 4.78 is 33.6. The zero-order chi connectivity index (χ0) is 21.6. The first-order chi connectivity index (χ1) is 13.7. The van der Waals surface area contributed by atoms with Crippen LogP contribution in [0.15, 0.2) is 29.6 Å². The van der Waals surface area contributed by atoms with E-state index < -0.39 is 23.7 Å². The predicted molar refractivity (Wildman–Crippen MR) is 104 cm³/mol. The summed E-state index contributed by atoms with van der Waals surface area (Å²) in [5.41, 5.74) is 6.08. The number of carbonyl (C=O) groups is 2. The van der Waals surface area contributed by atoms with E-state index in [1.54, 1.807) is 13.8 Å². The molecule has 2 rings (SSSR count). The maximum atomic E-state index is 12.3. The average Bonchev–Trinajstić information content (AvgIpc) is 2.63. The number of carbonyl (C=O) groups excluding carboxylic acids is 2. The molecule has 2 aromatic rings. The number of esters is 1. The first-order valence-electron chi connectivity index (χ1n) is 8.22. The van der Waals surface area contributed by atoms with E-state index >= 15 is 0 Å². The number of amides is 1. The van der Waals surface area contributed by atoms with E-state index in [1.165, 1.54) is 24.4 Å². The van der Waals surface area contributed by atoms with Crippen LogP contribution >= 0.6 is 23.4 Å². The van der Waals surface area contributed by atoms with Crippen molar-refractivity contribution >= 4 is 46.7 Å². The third-order valence-electron chi connectivity index (χ3n) is 3.36. The molecule has 156 valence electrons. The maximum Gasteiger partial charge on any atom is 0.387 e. The normalized spacial score (nSPS) is 11.8. The number of aromatic nitrogens is 2. The zero-order valence-electron chi connectivity index (χ0n) is 15.3. The number of anilines is 2. The number of nitrogens with one attached hydrogen (secondary N) is 1. The Morgan fingerprint density at radius 3 is 2.69 bits per heavy atom. The fraction of sp³-hybridized carbons (Fsp3) is 0.294. The third kappa shape index (κ3) is 6.43. The standard InChI is InChI=1S/C17H17ClF2N4O4S/c1-3-27-15(26)10-7-22-17(24-13(10)21)29-8(2)14(25)23-9-4-5-12(11(18)6-9)28-16(19)20/h4-8,16H,3H2,1-2H3,(H,23,25)(H2,21,22,24). The van der Waals surface area contributed by atoms with Crippen LogP contribution in [0.3, 0.4) is 0 Å². The number of rotatable bonds is 8. The van der Waals surface area contributed by atoms with Crippen LogP contribution in [0.1, 0.15) is 24.2 Å². The van der Waals surface area contributed by atoms with E-state index in [0.29, 0.717) is 5.69 Å². The Balaban J connectivity index is 2.01. The lowest BCUT2D eigenvalue weighted by molar-refractivity contribution is -0.115. The van der Waals surface area contributed by atoms with Crippen LogP contribution in [0.4, 0.5) is 20.3 Å². The lowest BCUT2D eigenvalue weighted by Gasteiger charge is -2.13. The van der Waals surface area contributed by atoms with Crippen molar-refractivity contribution in [3.8, 4) is 5.75 Å². The van der Waals surface area contributed by atoms with E-state index in [2.05, 4.69) is 20.0 Å². The number of hydrogen-bond acceptors (Lipinski definition) is 8. The van der Waals surface area contributed by atoms with Gasteiger partial charge in [0.15, 0.2) is 5.16 Å². The second kappa shape index (κ2) is 10.2. The molecule has 8 nitrogen and oxygen atoms in total. The Hall–Kier alpha value is -2.66. The number of nitrogens with two attached hydrogens (primary N) is 1. The number of alkyl halides is 2. The van der Waals surface area contributed by atoms with Gasteiger partial charge < -0.3 is 20.5 Å². The van der Waals surface area contributed by atoms with Crippen LogP contribution in [-0.2, 0) is 9.53 Å². The number of nitrogens with zero attached hydrogens (tertiary/aromatic N) is 2. The van der Waals surface area contributed by atoms with Crippen molar-refractivity contribution in [1.82, 2.24) is 9.97 Å². The summed E-state index contributed by atoms with van der Waals surface area (Å²) in [5.74, 6) is -1.31. The molecule has 29 heavy (non-hydrogen) atoms. The Labute approximate surface area is 174 Å². The van der Waals surface area contributed by atoms with Crippen molar-refractivity contribution in [3.63, 3.8) is 0 Å². The zero-order valence-corrected chi connectivity index (χ0v) is 16.9. The van der Waals surface area contributed by atoms with Crippen molar-refractivity contribution in [3.05, 3.63) is 35.0 Å². The van der Waals surface area contributed by atoms with Gasteiger partial charge in [0.2, 0.25) is 5.91 Å². The van der Waals surface area contributed by atoms with Gasteiger partial charge >= 0.3 is 12.6 Å². The van der Waals surface area contributed by atoms with Crippen LogP contribution in [0.2, 0.25) is 5.02 Å². The van der Waals surface area contributed by atoms with Crippen molar-refractivity contribution in [2.75, 3.05) is 17.7 Å². The quantitative estimate of drug-likeness (QED) is 0.359. The molecular formula is C17H17ClF2N4O4S. The molecule has 1 amide bonds. The van der Waals surface area contributed by atoms with E-state index in [9.17, 15) is 18.4 Å². The summed E-state index contributed by atoms with van der Waals surface area (Å²) in [6, 6.07) is 3.89. The highest BCUT2D eigenvalue weighted by Crippen LogP contribution is 2.29. The van der Waals surface area contributed by atoms with Crippen LogP contribution in [0, 0.1) is 0 Å². The number of halogens is 3. The molecule has 0 saturated heterocycles. The van der Waals surface area contributed by atoms with Gasteiger partial charge in [0.1, 0.15) is 17.1 Å². The van der Waals surface area contributed by atoms with Crippen molar-refractivity contribution in [2.45, 2.75) is 30.9 Å². The second-order valence-corrected chi connectivity index (χ2v) is 7.16. The molecule has 1 aromatic heterocycles. The fourth-order valence-electron chi connectivity index (χ4n) is 2.03. The van der Waals surface area contributed by atoms with Gasteiger partial charge in [0, 0.05) is 11.9 Å². The van der Waals surface area contributed by atoms with Gasteiger partial charge in [-0.2, -0.15) is 8.78 Å². The Morgan fingerprint density at radius 2 is 2.10 bits per heavy atom. The highest BCUT2D eigenvalue weighted by molar-refractivity contribution is 8.00. The largest absolute Gasteiger partial charge is 0.462 e. The van der Waals surface area contributed by atoms with E-state index in [4.69, 9.17) is 22.1 Å². The summed E-state index contributed by atoms with van der Waals surface area (Å²) in [6.07, 6.45) is 1.23. The van der Waals surface area contributed by atoms with E-state index in [-0.39, 0.29) is 33.9 Å². The number of hydrogen-bond donors (Lipinski definition) is 2. The van der Waals surface area contributed by atoms with Gasteiger partial charge in [-0.05, 0) is 32.0 Å². The minimum atomic E-state index is -3.01. The number of nitrogen functional groups attached to an aromatic ring is 1. The summed E-state index contributed by atoms with van der Waals surface area (Å²) >= 11 is 6.87. The van der Waals surface area contributed by atoms with Crippen LogP contribution in [-0.4, -0.2) is 40.3 Å². The molecule has 0 aliphatic carbocycles. The Morgan fingerprint density at radius 1 is 1.38 bits per heavy atom. The third-order valence-corrected chi connectivity index (χ3v) is 4.63. The van der Waals surface area contributed by atoms with Crippen molar-refractivity contribution in [1.29, 1.82) is 0 Å². The van der Waals surface area contributed by atoms with Crippen LogP contribution in [0.25, 0.3) is 0 Å². The van der Waals surface area contributed by atoms with Gasteiger partial charge in [-0.25, -0.2) is 14.8 Å². The predicted octanol–water partition coefficient (Wildman–Crippen LogP) is 3.61. The molecule has 0 aliphatic rings. The molecule has 0 bridgehead atoms. The molecule has 1 atom stereocenters. The number of thioether (sulfide) groups is 1. The highest BCUT2D eigenvalue weighted by Gasteiger charge is 2.19. The number of benzene rings is 1. The minimum Gasteiger partial charge on any atom is -0.462 e. The lowest BCUT2D eigenvalue weighted by atomic mass is 10.3. The summed E-state index contributed by atoms with van der Waals surface area (Å²) in [6.45, 7) is 0.443. The average molecular weight is 447 g/mol. The first-order valence-corrected chi connectivity index (χ1v) is 9.48. The van der Waals surface area contributed by atoms with Gasteiger partial charge in [-0.3, -0.25) is 4.79 Å². The van der Waals surface area contributed by atoms with Gasteiger partial charge in [0.05, 0.1) is 16.9 Å².